The third-order valence-electron chi connectivity index (χ3n) is 15.1. The molecule has 1 aliphatic carbocycles. The van der Waals surface area contributed by atoms with Crippen LogP contribution in [0.25, 0.3) is 82.4 Å². The quantitative estimate of drug-likeness (QED) is 0.147. The normalized spacial score (nSPS) is 12.6. The molecule has 0 saturated carbocycles. The molecular weight excluding hydrogens is 857 g/mol. The maximum atomic E-state index is 2.50. The smallest absolute Gasteiger partial charge is 0.0713 e. The lowest BCUT2D eigenvalue weighted by Crippen LogP contribution is -2.28. The Morgan fingerprint density at radius 2 is 0.718 bits per heavy atom. The summed E-state index contributed by atoms with van der Waals surface area (Å²) in [6.07, 6.45) is 0. The van der Waals surface area contributed by atoms with Gasteiger partial charge in [0.15, 0.2) is 0 Å². The van der Waals surface area contributed by atoms with Gasteiger partial charge in [-0.2, -0.15) is 0 Å². The van der Waals surface area contributed by atoms with Crippen LogP contribution in [0, 0.1) is 0 Å². The van der Waals surface area contributed by atoms with Crippen LogP contribution in [-0.2, 0) is 5.41 Å². The molecule has 0 saturated heterocycles. The molecule has 0 spiro atoms. The van der Waals surface area contributed by atoms with E-state index in [0.717, 1.165) is 28.3 Å². The molecule has 0 fully saturated rings. The number of para-hydroxylation sites is 1. The lowest BCUT2D eigenvalue weighted by Gasteiger charge is -2.34. The van der Waals surface area contributed by atoms with Crippen molar-refractivity contribution in [2.45, 2.75) is 5.41 Å². The van der Waals surface area contributed by atoms with Crippen LogP contribution in [0.4, 0.5) is 17.1 Å². The molecule has 0 bridgehead atoms. The lowest BCUT2D eigenvalue weighted by molar-refractivity contribution is 0.770. The van der Waals surface area contributed by atoms with Crippen molar-refractivity contribution in [3.63, 3.8) is 0 Å². The number of anilines is 3. The SMILES string of the molecule is c1ccc(-n2c3ccc(N(c4ccc(-c5cccc6ccccc56)cc4)c4ccc(-c5cccc6ccccc56)cc4)cc3c3cc(C4(c5ccccc5)c5ccccc5-c5ccccc54)ccc32)cc1. The van der Waals surface area contributed by atoms with Crippen LogP contribution < -0.4 is 4.90 Å². The van der Waals surface area contributed by atoms with E-state index in [2.05, 4.69) is 289 Å². The van der Waals surface area contributed by atoms with E-state index in [4.69, 9.17) is 0 Å². The molecule has 1 aliphatic rings. The van der Waals surface area contributed by atoms with Crippen LogP contribution in [0.15, 0.2) is 279 Å². The Morgan fingerprint density at radius 1 is 0.282 bits per heavy atom. The van der Waals surface area contributed by atoms with Crippen LogP contribution in [0.2, 0.25) is 0 Å². The number of aromatic nitrogens is 1. The van der Waals surface area contributed by atoms with Crippen molar-refractivity contribution in [3.8, 4) is 39.1 Å². The van der Waals surface area contributed by atoms with E-state index in [9.17, 15) is 0 Å². The topological polar surface area (TPSA) is 8.17 Å². The van der Waals surface area contributed by atoms with Gasteiger partial charge in [-0.25, -0.2) is 0 Å². The molecule has 0 N–H and O–H groups in total. The number of benzene rings is 12. The fraction of sp³-hybridized carbons (Fsp3) is 0.0145. The summed E-state index contributed by atoms with van der Waals surface area (Å²) in [5.41, 5.74) is 18.7. The van der Waals surface area contributed by atoms with E-state index >= 15 is 0 Å². The van der Waals surface area contributed by atoms with Gasteiger partial charge in [-0.3, -0.25) is 0 Å². The Balaban J connectivity index is 0.991. The van der Waals surface area contributed by atoms with Crippen molar-refractivity contribution in [1.82, 2.24) is 4.57 Å². The summed E-state index contributed by atoms with van der Waals surface area (Å²) in [7, 11) is 0. The van der Waals surface area contributed by atoms with Gasteiger partial charge in [-0.15, -0.1) is 0 Å². The molecule has 0 aliphatic heterocycles. The standard InChI is InChI=1S/C69H46N2/c1-3-21-51(22-4-1)69(65-31-13-11-27-61(65)62-28-12-14-32-66(62)69)52-37-43-67-63(45-52)64-46-56(42-44-68(64)71(67)53-23-5-2-6-24-53)70(54-38-33-49(34-39-54)59-29-15-19-47-17-7-9-25-57(47)59)55-40-35-50(36-41-55)60-30-16-20-48-18-8-10-26-58(48)60/h1-46H. The molecule has 0 atom stereocenters. The molecule has 1 aromatic heterocycles. The number of rotatable bonds is 8. The molecule has 12 aromatic carbocycles. The summed E-state index contributed by atoms with van der Waals surface area (Å²) in [6.45, 7) is 0. The zero-order chi connectivity index (χ0) is 46.9. The third-order valence-corrected chi connectivity index (χ3v) is 15.1. The van der Waals surface area contributed by atoms with Gasteiger partial charge in [-0.1, -0.05) is 212 Å². The summed E-state index contributed by atoms with van der Waals surface area (Å²) >= 11 is 0. The van der Waals surface area contributed by atoms with Crippen molar-refractivity contribution in [1.29, 1.82) is 0 Å². The monoisotopic (exact) mass is 902 g/mol. The fourth-order valence-corrected chi connectivity index (χ4v) is 11.9. The minimum atomic E-state index is -0.523. The predicted octanol–water partition coefficient (Wildman–Crippen LogP) is 18.3. The summed E-state index contributed by atoms with van der Waals surface area (Å²) in [4.78, 5) is 2.42. The lowest BCUT2D eigenvalue weighted by atomic mass is 9.67. The van der Waals surface area contributed by atoms with Gasteiger partial charge in [0.1, 0.15) is 0 Å². The zero-order valence-corrected chi connectivity index (χ0v) is 39.0. The molecule has 332 valence electrons. The Labute approximate surface area is 413 Å². The van der Waals surface area contributed by atoms with E-state index < -0.39 is 5.41 Å². The van der Waals surface area contributed by atoms with Gasteiger partial charge in [0.25, 0.3) is 0 Å². The first-order valence-corrected chi connectivity index (χ1v) is 24.6. The van der Waals surface area contributed by atoms with E-state index in [1.807, 2.05) is 0 Å². The first-order chi connectivity index (χ1) is 35.2. The van der Waals surface area contributed by atoms with Crippen molar-refractivity contribution in [2.75, 3.05) is 4.90 Å². The van der Waals surface area contributed by atoms with Crippen LogP contribution in [-0.4, -0.2) is 4.57 Å². The highest BCUT2D eigenvalue weighted by atomic mass is 15.1. The Morgan fingerprint density at radius 3 is 1.30 bits per heavy atom. The first kappa shape index (κ1) is 40.8. The van der Waals surface area contributed by atoms with Gasteiger partial charge >= 0.3 is 0 Å². The average Bonchev–Trinajstić information content (AvgIpc) is 3.94. The maximum Gasteiger partial charge on any atom is 0.0713 e. The molecule has 13 aromatic rings. The molecule has 0 amide bonds. The van der Waals surface area contributed by atoms with Gasteiger partial charge in [0.2, 0.25) is 0 Å². The van der Waals surface area contributed by atoms with Crippen LogP contribution >= 0.6 is 0 Å². The second-order valence-electron chi connectivity index (χ2n) is 18.8. The minimum Gasteiger partial charge on any atom is -0.310 e. The molecule has 1 heterocycles. The molecule has 2 nitrogen and oxygen atoms in total. The second kappa shape index (κ2) is 16.5. The van der Waals surface area contributed by atoms with Gasteiger partial charge in [-0.05, 0) is 144 Å². The zero-order valence-electron chi connectivity index (χ0n) is 39.0. The highest BCUT2D eigenvalue weighted by Crippen LogP contribution is 2.56. The predicted molar refractivity (Wildman–Crippen MR) is 299 cm³/mol. The molecular formula is C69H46N2. The van der Waals surface area contributed by atoms with Gasteiger partial charge < -0.3 is 9.47 Å². The van der Waals surface area contributed by atoms with E-state index in [0.29, 0.717) is 0 Å². The van der Waals surface area contributed by atoms with E-state index in [1.54, 1.807) is 0 Å². The molecule has 0 radical (unpaired) electrons. The first-order valence-electron chi connectivity index (χ1n) is 24.6. The van der Waals surface area contributed by atoms with E-state index in [-0.39, 0.29) is 0 Å². The second-order valence-corrected chi connectivity index (χ2v) is 18.8. The average molecular weight is 903 g/mol. The van der Waals surface area contributed by atoms with Crippen LogP contribution in [0.3, 0.4) is 0 Å². The third kappa shape index (κ3) is 6.42. The number of hydrogen-bond donors (Lipinski definition) is 0. The van der Waals surface area contributed by atoms with Crippen molar-refractivity contribution in [2.24, 2.45) is 0 Å². The molecule has 14 rings (SSSR count). The maximum absolute atomic E-state index is 2.50. The molecule has 71 heavy (non-hydrogen) atoms. The highest BCUT2D eigenvalue weighted by molar-refractivity contribution is 6.11. The Hall–Kier alpha value is -9.24. The van der Waals surface area contributed by atoms with Crippen molar-refractivity contribution < 1.29 is 0 Å². The fourth-order valence-electron chi connectivity index (χ4n) is 11.9. The van der Waals surface area contributed by atoms with Crippen molar-refractivity contribution >= 4 is 60.4 Å². The minimum absolute atomic E-state index is 0.523. The van der Waals surface area contributed by atoms with Crippen LogP contribution in [0.1, 0.15) is 22.3 Å². The summed E-state index contributed by atoms with van der Waals surface area (Å²) in [6, 6.07) is 103. The number of hydrogen-bond acceptors (Lipinski definition) is 1. The number of fused-ring (bicyclic) bond motifs is 8. The number of nitrogens with zero attached hydrogens (tertiary/aromatic N) is 2. The summed E-state index contributed by atoms with van der Waals surface area (Å²) in [5.74, 6) is 0. The van der Waals surface area contributed by atoms with Gasteiger partial charge in [0, 0.05) is 33.5 Å². The molecule has 2 heteroatoms. The summed E-state index contributed by atoms with van der Waals surface area (Å²) < 4.78 is 2.44. The summed E-state index contributed by atoms with van der Waals surface area (Å²) in [5, 5.41) is 7.38. The van der Waals surface area contributed by atoms with Crippen molar-refractivity contribution in [3.05, 3.63) is 301 Å². The Bertz CT molecular complexity index is 3970. The largest absolute Gasteiger partial charge is 0.310 e. The van der Waals surface area contributed by atoms with Crippen LogP contribution in [0.5, 0.6) is 0 Å². The Kier molecular flexibility index (Phi) is 9.47. The highest BCUT2D eigenvalue weighted by Gasteiger charge is 2.46. The molecule has 0 unspecified atom stereocenters. The van der Waals surface area contributed by atoms with E-state index in [1.165, 1.54) is 93.5 Å². The van der Waals surface area contributed by atoms with Gasteiger partial charge in [0.05, 0.1) is 16.4 Å².